The molecule has 1 aromatic heterocycles. The summed E-state index contributed by atoms with van der Waals surface area (Å²) < 4.78 is 6.07. The first-order valence-electron chi connectivity index (χ1n) is 9.90. The molecule has 1 saturated carbocycles. The molecule has 5 nitrogen and oxygen atoms in total. The predicted octanol–water partition coefficient (Wildman–Crippen LogP) is 4.75. The fourth-order valence-electron chi connectivity index (χ4n) is 3.49. The van der Waals surface area contributed by atoms with Crippen LogP contribution in [0, 0.1) is 18.3 Å². The van der Waals surface area contributed by atoms with Crippen LogP contribution in [0.5, 0.6) is 5.75 Å². The molecule has 1 aliphatic carbocycles. The summed E-state index contributed by atoms with van der Waals surface area (Å²) in [6.45, 7) is 6.13. The number of aryl methyl sites for hydroxylation is 1. The van der Waals surface area contributed by atoms with Gasteiger partial charge in [-0.15, -0.1) is 0 Å². The molecule has 148 valence electrons. The number of hydrogen-bond acceptors (Lipinski definition) is 4. The van der Waals surface area contributed by atoms with E-state index >= 15 is 0 Å². The number of carbonyl (C=O) groups excluding carboxylic acids is 1. The molecule has 1 N–H and O–H groups in total. The van der Waals surface area contributed by atoms with Gasteiger partial charge in [0.2, 0.25) is 0 Å². The molecule has 1 fully saturated rings. The first kappa shape index (κ1) is 19.9. The van der Waals surface area contributed by atoms with Crippen LogP contribution < -0.4 is 10.1 Å². The quantitative estimate of drug-likeness (QED) is 0.813. The molecule has 1 heterocycles. The van der Waals surface area contributed by atoms with Crippen molar-refractivity contribution in [2.24, 2.45) is 0 Å². The highest BCUT2D eigenvalue weighted by Crippen LogP contribution is 2.25. The van der Waals surface area contributed by atoms with Crippen LogP contribution in [0.25, 0.3) is 0 Å². The number of pyridine rings is 1. The van der Waals surface area contributed by atoms with E-state index in [1.54, 1.807) is 18.3 Å². The summed E-state index contributed by atoms with van der Waals surface area (Å²) in [7, 11) is 0. The summed E-state index contributed by atoms with van der Waals surface area (Å²) in [5.41, 5.74) is 3.20. The highest BCUT2D eigenvalue weighted by atomic mass is 16.5. The molecule has 0 spiro atoms. The average molecular weight is 380 g/mol. The monoisotopic (exact) mass is 379 g/mol. The van der Waals surface area contributed by atoms with Crippen LogP contribution in [-0.2, 0) is 0 Å². The molecule has 0 bridgehead atoms. The van der Waals surface area contributed by atoms with E-state index in [4.69, 9.17) is 10.00 Å². The number of nitrogens with zero attached hydrogens (tertiary/aromatic N) is 2. The van der Waals surface area contributed by atoms with Crippen LogP contribution >= 0.6 is 0 Å². The Hall–Kier alpha value is -2.87. The van der Waals surface area contributed by atoms with Crippen molar-refractivity contribution in [3.05, 3.63) is 58.9 Å². The number of ether oxygens (including phenoxy) is 1. The Labute approximate surface area is 168 Å². The first-order chi connectivity index (χ1) is 13.5. The summed E-state index contributed by atoms with van der Waals surface area (Å²) in [4.78, 5) is 16.7. The summed E-state index contributed by atoms with van der Waals surface area (Å²) in [6, 6.07) is 11.7. The van der Waals surface area contributed by atoms with E-state index in [0.717, 1.165) is 42.6 Å². The highest BCUT2D eigenvalue weighted by Gasteiger charge is 2.24. The van der Waals surface area contributed by atoms with Gasteiger partial charge in [-0.1, -0.05) is 19.9 Å². The van der Waals surface area contributed by atoms with Gasteiger partial charge >= 0.3 is 0 Å². The van der Waals surface area contributed by atoms with Gasteiger partial charge in [-0.3, -0.25) is 9.78 Å². The number of aromatic nitrogens is 1. The van der Waals surface area contributed by atoms with E-state index in [9.17, 15) is 4.79 Å². The van der Waals surface area contributed by atoms with E-state index in [0.29, 0.717) is 17.2 Å². The lowest BCUT2D eigenvalue weighted by Gasteiger charge is -2.29. The molecule has 0 saturated heterocycles. The van der Waals surface area contributed by atoms with E-state index < -0.39 is 0 Å². The van der Waals surface area contributed by atoms with Crippen molar-refractivity contribution in [2.45, 2.75) is 64.5 Å². The minimum atomic E-state index is -0.109. The zero-order chi connectivity index (χ0) is 20.1. The molecule has 2 aromatic rings. The van der Waals surface area contributed by atoms with Gasteiger partial charge in [-0.25, -0.2) is 0 Å². The second-order valence-corrected chi connectivity index (χ2v) is 7.78. The smallest absolute Gasteiger partial charge is 0.270 e. The molecule has 0 aliphatic heterocycles. The molecule has 0 radical (unpaired) electrons. The number of nitriles is 1. The van der Waals surface area contributed by atoms with Crippen LogP contribution in [0.2, 0.25) is 0 Å². The third kappa shape index (κ3) is 4.89. The van der Waals surface area contributed by atoms with Gasteiger partial charge in [0.15, 0.2) is 0 Å². The second kappa shape index (κ2) is 8.88. The maximum Gasteiger partial charge on any atom is 0.270 e. The zero-order valence-corrected chi connectivity index (χ0v) is 16.7. The van der Waals surface area contributed by atoms with Gasteiger partial charge in [0.25, 0.3) is 5.91 Å². The maximum absolute atomic E-state index is 12.4. The fraction of sp³-hybridized carbons (Fsp3) is 0.435. The summed E-state index contributed by atoms with van der Waals surface area (Å²) >= 11 is 0. The minimum Gasteiger partial charge on any atom is -0.490 e. The number of rotatable bonds is 5. The minimum absolute atomic E-state index is 0. The lowest BCUT2D eigenvalue weighted by molar-refractivity contribution is 0.0889. The van der Waals surface area contributed by atoms with Crippen molar-refractivity contribution in [1.29, 1.82) is 5.26 Å². The fourth-order valence-corrected chi connectivity index (χ4v) is 3.49. The molecule has 28 heavy (non-hydrogen) atoms. The molecule has 1 aromatic carbocycles. The van der Waals surface area contributed by atoms with Crippen molar-refractivity contribution >= 4 is 5.91 Å². The topological polar surface area (TPSA) is 75.0 Å². The van der Waals surface area contributed by atoms with E-state index in [-0.39, 0.29) is 19.5 Å². The summed E-state index contributed by atoms with van der Waals surface area (Å²) in [5, 5.41) is 12.1. The van der Waals surface area contributed by atoms with Crippen LogP contribution in [0.4, 0.5) is 0 Å². The Morgan fingerprint density at radius 2 is 2.00 bits per heavy atom. The Bertz CT molecular complexity index is 867. The first-order valence-corrected chi connectivity index (χ1v) is 9.90. The van der Waals surface area contributed by atoms with Gasteiger partial charge in [-0.05, 0) is 73.9 Å². The van der Waals surface area contributed by atoms with Crippen molar-refractivity contribution in [3.63, 3.8) is 0 Å². The van der Waals surface area contributed by atoms with Crippen molar-refractivity contribution < 1.29 is 11.0 Å². The van der Waals surface area contributed by atoms with E-state index in [2.05, 4.69) is 30.2 Å². The van der Waals surface area contributed by atoms with Crippen molar-refractivity contribution in [1.82, 2.24) is 10.3 Å². The van der Waals surface area contributed by atoms with E-state index in [1.165, 1.54) is 0 Å². The van der Waals surface area contributed by atoms with Gasteiger partial charge in [0.1, 0.15) is 11.4 Å². The Morgan fingerprint density at radius 1 is 1.25 bits per heavy atom. The Kier molecular flexibility index (Phi) is 6.30. The number of hydrogen-bond donors (Lipinski definition) is 1. The molecular formula is C23H29N3O2. The van der Waals surface area contributed by atoms with E-state index in [1.807, 2.05) is 25.1 Å². The molecule has 0 atom stereocenters. The number of carbonyl (C=O) groups is 1. The third-order valence-electron chi connectivity index (χ3n) is 5.32. The lowest BCUT2D eigenvalue weighted by atomic mass is 9.92. The highest BCUT2D eigenvalue weighted by molar-refractivity contribution is 5.92. The average Bonchev–Trinajstić information content (AvgIpc) is 2.69. The predicted molar refractivity (Wildman–Crippen MR) is 110 cm³/mol. The van der Waals surface area contributed by atoms with Crippen LogP contribution in [-0.4, -0.2) is 23.0 Å². The number of benzene rings is 1. The Morgan fingerprint density at radius 3 is 2.57 bits per heavy atom. The standard InChI is InChI=1S/C23H27N3O2.H2/c1-15(2)18-5-11-22(25-14-18)23(27)26-19-6-9-20(10-7-19)28-21-8-4-17(13-24)16(3)12-21;/h4-5,8,11-12,14-15,19-20H,6-7,9-10H2,1-3H3,(H,26,27);1H. The van der Waals surface area contributed by atoms with Gasteiger partial charge in [-0.2, -0.15) is 5.26 Å². The van der Waals surface area contributed by atoms with Crippen LogP contribution in [0.15, 0.2) is 36.5 Å². The SMILES string of the molecule is Cc1cc(OC2CCC(NC(=O)c3ccc(C(C)C)cn3)CC2)ccc1C#N.[HH]. The molecule has 3 rings (SSSR count). The molecule has 5 heteroatoms. The number of nitrogens with one attached hydrogen (secondary N) is 1. The largest absolute Gasteiger partial charge is 0.490 e. The molecule has 1 amide bonds. The van der Waals surface area contributed by atoms with Gasteiger partial charge in [0.05, 0.1) is 17.7 Å². The summed E-state index contributed by atoms with van der Waals surface area (Å²) in [6.07, 6.45) is 5.48. The van der Waals surface area contributed by atoms with Gasteiger partial charge in [0, 0.05) is 13.7 Å². The summed E-state index contributed by atoms with van der Waals surface area (Å²) in [5.74, 6) is 1.10. The van der Waals surface area contributed by atoms with Crippen molar-refractivity contribution in [3.8, 4) is 11.8 Å². The van der Waals surface area contributed by atoms with Crippen molar-refractivity contribution in [2.75, 3.05) is 0 Å². The molecular weight excluding hydrogens is 350 g/mol. The van der Waals surface area contributed by atoms with Crippen LogP contribution in [0.3, 0.4) is 0 Å². The maximum atomic E-state index is 12.4. The third-order valence-corrected chi connectivity index (χ3v) is 5.32. The molecule has 1 aliphatic rings. The Balaban J connectivity index is 0.00000300. The second-order valence-electron chi connectivity index (χ2n) is 7.78. The molecule has 0 unspecified atom stereocenters. The number of amides is 1. The normalized spacial score (nSPS) is 19.1. The van der Waals surface area contributed by atoms with Gasteiger partial charge < -0.3 is 10.1 Å². The zero-order valence-electron chi connectivity index (χ0n) is 16.7. The lowest BCUT2D eigenvalue weighted by Crippen LogP contribution is -2.40. The van der Waals surface area contributed by atoms with Crippen LogP contribution in [0.1, 0.15) is 74.1 Å².